The summed E-state index contributed by atoms with van der Waals surface area (Å²) in [6.45, 7) is 0. The van der Waals surface area contributed by atoms with E-state index >= 15 is 0 Å². The fraction of sp³-hybridized carbons (Fsp3) is 1.00. The molecule has 0 aliphatic heterocycles. The summed E-state index contributed by atoms with van der Waals surface area (Å²) in [7, 11) is 4.00. The second-order valence-electron chi connectivity index (χ2n) is 10.3. The van der Waals surface area contributed by atoms with E-state index in [1.54, 1.807) is 0 Å². The van der Waals surface area contributed by atoms with Crippen molar-refractivity contribution in [3.8, 4) is 0 Å². The molecule has 230 valence electrons. The second-order valence-corrected chi connectivity index (χ2v) is 10.3. The van der Waals surface area contributed by atoms with E-state index in [0.29, 0.717) is 0 Å². The smallest absolute Gasteiger partial charge is 0.0319 e. The van der Waals surface area contributed by atoms with Gasteiger partial charge in [0.25, 0.3) is 0 Å². The van der Waals surface area contributed by atoms with E-state index in [4.69, 9.17) is 20.4 Å². The van der Waals surface area contributed by atoms with E-state index in [9.17, 15) is 0 Å². The highest BCUT2D eigenvalue weighted by molar-refractivity contribution is 4.53. The lowest BCUT2D eigenvalue weighted by Gasteiger charge is -2.04. The minimum atomic E-state index is 1.00. The molecule has 4 N–H and O–H groups in total. The largest absolute Gasteiger partial charge is 0.400 e. The van der Waals surface area contributed by atoms with Crippen LogP contribution in [0, 0.1) is 0 Å². The monoisotopic (exact) mass is 535 g/mol. The summed E-state index contributed by atoms with van der Waals surface area (Å²) in [5.41, 5.74) is 0. The molecule has 0 amide bonds. The fourth-order valence-corrected chi connectivity index (χ4v) is 5.13. The first-order valence-corrected chi connectivity index (χ1v) is 16.3. The Morgan fingerprint density at radius 2 is 0.162 bits per heavy atom. The molecule has 0 bridgehead atoms. The zero-order valence-electron chi connectivity index (χ0n) is 26.3. The van der Waals surface area contributed by atoms with Crippen molar-refractivity contribution in [2.45, 2.75) is 186 Å². The number of hydrogen-bond acceptors (Lipinski definition) is 4. The maximum atomic E-state index is 7.00. The first-order chi connectivity index (χ1) is 18.5. The predicted octanol–water partition coefficient (Wildman–Crippen LogP) is 9.75. The molecule has 0 saturated heterocycles. The van der Waals surface area contributed by atoms with E-state index in [2.05, 4.69) is 0 Å². The molecule has 0 aromatic rings. The highest BCUT2D eigenvalue weighted by atomic mass is 16.2. The Bertz CT molecular complexity index is 159. The van der Waals surface area contributed by atoms with Gasteiger partial charge in [0.1, 0.15) is 0 Å². The van der Waals surface area contributed by atoms with Crippen molar-refractivity contribution in [1.29, 1.82) is 0 Å². The number of aliphatic hydroxyl groups is 4. The average molecular weight is 535 g/mol. The third-order valence-electron chi connectivity index (χ3n) is 7.25. The predicted molar refractivity (Wildman–Crippen MR) is 166 cm³/mol. The summed E-state index contributed by atoms with van der Waals surface area (Å²) < 4.78 is 0. The average Bonchev–Trinajstić information content (AvgIpc) is 2.97. The van der Waals surface area contributed by atoms with Gasteiger partial charge in [-0.3, -0.25) is 0 Å². The van der Waals surface area contributed by atoms with Crippen molar-refractivity contribution in [3.05, 3.63) is 0 Å². The maximum Gasteiger partial charge on any atom is 0.0319 e. The van der Waals surface area contributed by atoms with Crippen LogP contribution in [0.3, 0.4) is 0 Å². The van der Waals surface area contributed by atoms with Crippen LogP contribution in [0.25, 0.3) is 0 Å². The molecule has 0 heterocycles. The lowest BCUT2D eigenvalue weighted by Crippen LogP contribution is -1.84. The second kappa shape index (κ2) is 52.3. The Labute approximate surface area is 235 Å². The summed E-state index contributed by atoms with van der Waals surface area (Å²) in [5.74, 6) is 0. The van der Waals surface area contributed by atoms with Crippen LogP contribution in [0.5, 0.6) is 0 Å². The van der Waals surface area contributed by atoms with Crippen LogP contribution in [0.2, 0.25) is 0 Å². The molecule has 0 unspecified atom stereocenters. The summed E-state index contributed by atoms with van der Waals surface area (Å²) in [4.78, 5) is 0. The van der Waals surface area contributed by atoms with Crippen LogP contribution in [-0.4, -0.2) is 48.9 Å². The molecular weight excluding hydrogens is 460 g/mol. The molecule has 0 aromatic heterocycles. The standard InChI is InChI=1S/C29H58.4CH4O/c1-2-4-6-8-10-12-14-16-18-20-22-24-26-28-29-27-25-23-21-19-17-15-13-11-9-7-5-3-1;4*1-2/h1-29H2;4*2H,1H3. The van der Waals surface area contributed by atoms with Gasteiger partial charge >= 0.3 is 0 Å². The molecule has 1 aliphatic carbocycles. The van der Waals surface area contributed by atoms with Gasteiger partial charge in [-0.05, 0) is 0 Å². The number of hydrogen-bond donors (Lipinski definition) is 4. The van der Waals surface area contributed by atoms with E-state index in [-0.39, 0.29) is 0 Å². The van der Waals surface area contributed by atoms with Crippen LogP contribution in [0.1, 0.15) is 186 Å². The quantitative estimate of drug-likeness (QED) is 0.249. The van der Waals surface area contributed by atoms with Gasteiger partial charge in [0.2, 0.25) is 0 Å². The van der Waals surface area contributed by atoms with Crippen molar-refractivity contribution in [2.75, 3.05) is 28.4 Å². The lowest BCUT2D eigenvalue weighted by atomic mass is 10.0. The van der Waals surface area contributed by atoms with Gasteiger partial charge in [-0.15, -0.1) is 0 Å². The molecule has 37 heavy (non-hydrogen) atoms. The van der Waals surface area contributed by atoms with Crippen molar-refractivity contribution in [1.82, 2.24) is 0 Å². The minimum absolute atomic E-state index is 1.00. The van der Waals surface area contributed by atoms with Gasteiger partial charge in [0, 0.05) is 28.4 Å². The van der Waals surface area contributed by atoms with Crippen LogP contribution in [0.4, 0.5) is 0 Å². The Hall–Kier alpha value is -0.160. The van der Waals surface area contributed by atoms with Crippen molar-refractivity contribution in [2.24, 2.45) is 0 Å². The molecule has 0 radical (unpaired) electrons. The third kappa shape index (κ3) is 49.3. The lowest BCUT2D eigenvalue weighted by molar-refractivity contribution is 0.399. The Morgan fingerprint density at radius 3 is 0.189 bits per heavy atom. The highest BCUT2D eigenvalue weighted by Crippen LogP contribution is 2.17. The third-order valence-corrected chi connectivity index (χ3v) is 7.25. The van der Waals surface area contributed by atoms with Gasteiger partial charge in [-0.2, -0.15) is 0 Å². The molecule has 0 atom stereocenters. The van der Waals surface area contributed by atoms with Crippen LogP contribution >= 0.6 is 0 Å². The molecule has 1 aliphatic rings. The number of aliphatic hydroxyl groups excluding tert-OH is 4. The molecule has 1 saturated carbocycles. The van der Waals surface area contributed by atoms with Gasteiger partial charge in [-0.1, -0.05) is 186 Å². The van der Waals surface area contributed by atoms with E-state index < -0.39 is 0 Å². The molecule has 0 aromatic carbocycles. The van der Waals surface area contributed by atoms with Gasteiger partial charge in [0.15, 0.2) is 0 Å². The van der Waals surface area contributed by atoms with E-state index in [1.165, 1.54) is 186 Å². The maximum absolute atomic E-state index is 7.00. The summed E-state index contributed by atoms with van der Waals surface area (Å²) >= 11 is 0. The molecular formula is C33H74O4. The van der Waals surface area contributed by atoms with E-state index in [0.717, 1.165) is 28.4 Å². The zero-order valence-corrected chi connectivity index (χ0v) is 26.3. The minimum Gasteiger partial charge on any atom is -0.400 e. The molecule has 1 fully saturated rings. The molecule has 4 heteroatoms. The number of rotatable bonds is 0. The topological polar surface area (TPSA) is 80.9 Å². The fourth-order valence-electron chi connectivity index (χ4n) is 5.13. The van der Waals surface area contributed by atoms with Crippen LogP contribution < -0.4 is 0 Å². The zero-order chi connectivity index (χ0) is 28.5. The molecule has 0 spiro atoms. The highest BCUT2D eigenvalue weighted by Gasteiger charge is 1.97. The van der Waals surface area contributed by atoms with Crippen molar-refractivity contribution < 1.29 is 20.4 Å². The normalized spacial score (nSPS) is 19.5. The first-order valence-electron chi connectivity index (χ1n) is 16.3. The summed E-state index contributed by atoms with van der Waals surface area (Å²) in [5, 5.41) is 28.0. The molecule has 1 rings (SSSR count). The van der Waals surface area contributed by atoms with Crippen molar-refractivity contribution >= 4 is 0 Å². The first kappa shape index (κ1) is 43.9. The van der Waals surface area contributed by atoms with Gasteiger partial charge < -0.3 is 20.4 Å². The molecule has 4 nitrogen and oxygen atoms in total. The van der Waals surface area contributed by atoms with Crippen LogP contribution in [-0.2, 0) is 0 Å². The van der Waals surface area contributed by atoms with Gasteiger partial charge in [-0.25, -0.2) is 0 Å². The SMILES string of the molecule is C1CCCCCCCCCCCCCCCCCCCCCCCCCCCC1.CO.CO.CO.CO. The van der Waals surface area contributed by atoms with Gasteiger partial charge in [0.05, 0.1) is 0 Å². The summed E-state index contributed by atoms with van der Waals surface area (Å²) in [6.07, 6.45) is 43.5. The summed E-state index contributed by atoms with van der Waals surface area (Å²) in [6, 6.07) is 0. The Morgan fingerprint density at radius 1 is 0.135 bits per heavy atom. The Balaban J connectivity index is -0.000000617. The Kier molecular flexibility index (Phi) is 62.0. The van der Waals surface area contributed by atoms with E-state index in [1.807, 2.05) is 0 Å². The van der Waals surface area contributed by atoms with Crippen molar-refractivity contribution in [3.63, 3.8) is 0 Å². The van der Waals surface area contributed by atoms with Crippen LogP contribution in [0.15, 0.2) is 0 Å².